The van der Waals surface area contributed by atoms with Crippen molar-refractivity contribution in [2.75, 3.05) is 6.54 Å². The Morgan fingerprint density at radius 2 is 2.28 bits per heavy atom. The molecule has 2 heterocycles. The molecule has 0 saturated carbocycles. The Kier molecular flexibility index (Phi) is 4.40. The molecule has 1 aromatic heterocycles. The van der Waals surface area contributed by atoms with Crippen molar-refractivity contribution in [2.45, 2.75) is 64.6 Å². The maximum atomic E-state index is 5.77. The molecule has 102 valence electrons. The van der Waals surface area contributed by atoms with Gasteiger partial charge in [0.15, 0.2) is 5.89 Å². The van der Waals surface area contributed by atoms with Gasteiger partial charge in [-0.15, -0.1) is 0 Å². The van der Waals surface area contributed by atoms with Gasteiger partial charge in [-0.25, -0.2) is 4.98 Å². The lowest BCUT2D eigenvalue weighted by molar-refractivity contribution is 0.195. The summed E-state index contributed by atoms with van der Waals surface area (Å²) in [6.45, 7) is 7.71. The zero-order valence-corrected chi connectivity index (χ0v) is 11.7. The molecule has 1 aromatic rings. The smallest absolute Gasteiger partial charge is 0.195 e. The first-order valence-corrected chi connectivity index (χ1v) is 7.01. The molecule has 0 aromatic carbocycles. The molecular weight excluding hydrogens is 226 g/mol. The highest BCUT2D eigenvalue weighted by atomic mass is 16.4. The van der Waals surface area contributed by atoms with Crippen molar-refractivity contribution in [1.29, 1.82) is 0 Å². The zero-order chi connectivity index (χ0) is 13.1. The normalized spacial score (nSPS) is 22.8. The van der Waals surface area contributed by atoms with Crippen LogP contribution in [-0.4, -0.2) is 34.6 Å². The van der Waals surface area contributed by atoms with Gasteiger partial charge in [-0.2, -0.15) is 0 Å². The van der Waals surface area contributed by atoms with Crippen molar-refractivity contribution >= 4 is 0 Å². The van der Waals surface area contributed by atoms with E-state index in [0.717, 1.165) is 24.5 Å². The third-order valence-electron chi connectivity index (χ3n) is 3.62. The number of rotatable bonds is 5. The Balaban J connectivity index is 1.94. The van der Waals surface area contributed by atoms with E-state index in [1.165, 1.54) is 19.4 Å². The van der Waals surface area contributed by atoms with Gasteiger partial charge in [-0.1, -0.05) is 0 Å². The molecule has 1 aliphatic rings. The van der Waals surface area contributed by atoms with E-state index in [1.54, 1.807) is 0 Å². The lowest BCUT2D eigenvalue weighted by Gasteiger charge is -2.27. The van der Waals surface area contributed by atoms with Crippen molar-refractivity contribution in [3.63, 3.8) is 0 Å². The summed E-state index contributed by atoms with van der Waals surface area (Å²) in [7, 11) is 0. The second-order valence-corrected chi connectivity index (χ2v) is 5.73. The van der Waals surface area contributed by atoms with Crippen LogP contribution in [0, 0.1) is 0 Å². The van der Waals surface area contributed by atoms with Crippen LogP contribution < -0.4 is 5.73 Å². The first-order valence-electron chi connectivity index (χ1n) is 7.01. The average Bonchev–Trinajstić information content (AvgIpc) is 2.87. The molecule has 4 nitrogen and oxygen atoms in total. The van der Waals surface area contributed by atoms with E-state index in [9.17, 15) is 0 Å². The van der Waals surface area contributed by atoms with E-state index in [0.29, 0.717) is 12.1 Å². The quantitative estimate of drug-likeness (QED) is 0.869. The highest BCUT2D eigenvalue weighted by molar-refractivity contribution is 4.99. The maximum absolute atomic E-state index is 5.77. The van der Waals surface area contributed by atoms with Gasteiger partial charge in [0, 0.05) is 31.0 Å². The van der Waals surface area contributed by atoms with Gasteiger partial charge in [-0.05, 0) is 40.2 Å². The van der Waals surface area contributed by atoms with E-state index in [-0.39, 0.29) is 6.04 Å². The molecule has 0 amide bonds. The van der Waals surface area contributed by atoms with Crippen LogP contribution in [-0.2, 0) is 12.8 Å². The molecule has 0 aliphatic carbocycles. The molecule has 0 radical (unpaired) electrons. The number of aromatic nitrogens is 1. The van der Waals surface area contributed by atoms with Crippen LogP contribution >= 0.6 is 0 Å². The van der Waals surface area contributed by atoms with Gasteiger partial charge in [0.05, 0.1) is 6.20 Å². The van der Waals surface area contributed by atoms with Crippen LogP contribution in [0.5, 0.6) is 0 Å². The Labute approximate surface area is 110 Å². The predicted octanol–water partition coefficient (Wildman–Crippen LogP) is 1.98. The third kappa shape index (κ3) is 3.33. The van der Waals surface area contributed by atoms with E-state index in [4.69, 9.17) is 10.2 Å². The molecule has 1 fully saturated rings. The van der Waals surface area contributed by atoms with Crippen molar-refractivity contribution in [2.24, 2.45) is 5.73 Å². The first kappa shape index (κ1) is 13.6. The zero-order valence-electron chi connectivity index (χ0n) is 11.7. The van der Waals surface area contributed by atoms with Crippen molar-refractivity contribution in [3.8, 4) is 0 Å². The molecule has 2 unspecified atom stereocenters. The molecule has 2 rings (SSSR count). The molecule has 1 aliphatic heterocycles. The van der Waals surface area contributed by atoms with Crippen LogP contribution in [0.2, 0.25) is 0 Å². The van der Waals surface area contributed by atoms with E-state index < -0.39 is 0 Å². The number of nitrogens with two attached hydrogens (primary N) is 1. The summed E-state index contributed by atoms with van der Waals surface area (Å²) in [5.41, 5.74) is 5.76. The number of oxazole rings is 1. The van der Waals surface area contributed by atoms with E-state index >= 15 is 0 Å². The van der Waals surface area contributed by atoms with Gasteiger partial charge in [0.2, 0.25) is 0 Å². The standard InChI is InChI=1S/C14H25N3O/c1-10(2)17-6-4-5-12(17)8-14-16-9-13(18-14)7-11(3)15/h9-12H,4-8,15H2,1-3H3. The first-order chi connectivity index (χ1) is 8.56. The third-order valence-corrected chi connectivity index (χ3v) is 3.62. The molecule has 2 atom stereocenters. The Hall–Kier alpha value is -0.870. The van der Waals surface area contributed by atoms with E-state index in [2.05, 4.69) is 23.7 Å². The van der Waals surface area contributed by atoms with Gasteiger partial charge >= 0.3 is 0 Å². The SMILES string of the molecule is CC(N)Cc1cnc(CC2CCCN2C(C)C)o1. The lowest BCUT2D eigenvalue weighted by Crippen LogP contribution is -2.36. The van der Waals surface area contributed by atoms with Crippen molar-refractivity contribution in [1.82, 2.24) is 9.88 Å². The van der Waals surface area contributed by atoms with Gasteiger partial charge in [0.1, 0.15) is 5.76 Å². The van der Waals surface area contributed by atoms with Crippen molar-refractivity contribution < 1.29 is 4.42 Å². The van der Waals surface area contributed by atoms with Gasteiger partial charge < -0.3 is 10.2 Å². The minimum absolute atomic E-state index is 0.129. The summed E-state index contributed by atoms with van der Waals surface area (Å²) in [5.74, 6) is 1.78. The molecule has 4 heteroatoms. The summed E-state index contributed by atoms with van der Waals surface area (Å²) in [5, 5.41) is 0. The maximum Gasteiger partial charge on any atom is 0.195 e. The van der Waals surface area contributed by atoms with Crippen LogP contribution in [0.1, 0.15) is 45.3 Å². The molecular formula is C14H25N3O. The van der Waals surface area contributed by atoms with Crippen molar-refractivity contribution in [3.05, 3.63) is 17.8 Å². The fraction of sp³-hybridized carbons (Fsp3) is 0.786. The summed E-state index contributed by atoms with van der Waals surface area (Å²) in [6.07, 6.45) is 6.06. The Bertz CT molecular complexity index is 373. The molecule has 18 heavy (non-hydrogen) atoms. The van der Waals surface area contributed by atoms with E-state index in [1.807, 2.05) is 13.1 Å². The molecule has 1 saturated heterocycles. The average molecular weight is 251 g/mol. The summed E-state index contributed by atoms with van der Waals surface area (Å²) in [6, 6.07) is 1.33. The summed E-state index contributed by atoms with van der Waals surface area (Å²) >= 11 is 0. The Morgan fingerprint density at radius 1 is 1.50 bits per heavy atom. The molecule has 0 bridgehead atoms. The number of hydrogen-bond acceptors (Lipinski definition) is 4. The fourth-order valence-corrected chi connectivity index (χ4v) is 2.81. The van der Waals surface area contributed by atoms with Crippen LogP contribution in [0.25, 0.3) is 0 Å². The van der Waals surface area contributed by atoms with Gasteiger partial charge in [-0.3, -0.25) is 4.90 Å². The predicted molar refractivity (Wildman–Crippen MR) is 72.4 cm³/mol. The largest absolute Gasteiger partial charge is 0.446 e. The summed E-state index contributed by atoms with van der Waals surface area (Å²) < 4.78 is 5.77. The van der Waals surface area contributed by atoms with Crippen LogP contribution in [0.3, 0.4) is 0 Å². The molecule has 2 N–H and O–H groups in total. The van der Waals surface area contributed by atoms with Gasteiger partial charge in [0.25, 0.3) is 0 Å². The topological polar surface area (TPSA) is 55.3 Å². The fourth-order valence-electron chi connectivity index (χ4n) is 2.81. The highest BCUT2D eigenvalue weighted by Gasteiger charge is 2.27. The Morgan fingerprint density at radius 3 is 2.94 bits per heavy atom. The number of likely N-dealkylation sites (tertiary alicyclic amines) is 1. The lowest BCUT2D eigenvalue weighted by atomic mass is 10.1. The summed E-state index contributed by atoms with van der Waals surface area (Å²) in [4.78, 5) is 6.93. The monoisotopic (exact) mass is 251 g/mol. The second kappa shape index (κ2) is 5.85. The minimum atomic E-state index is 0.129. The van der Waals surface area contributed by atoms with Crippen LogP contribution in [0.15, 0.2) is 10.6 Å². The molecule has 0 spiro atoms. The highest BCUT2D eigenvalue weighted by Crippen LogP contribution is 2.23. The minimum Gasteiger partial charge on any atom is -0.446 e. The number of hydrogen-bond donors (Lipinski definition) is 1. The number of nitrogens with zero attached hydrogens (tertiary/aromatic N) is 2. The van der Waals surface area contributed by atoms with Crippen LogP contribution in [0.4, 0.5) is 0 Å². The second-order valence-electron chi connectivity index (χ2n) is 5.73.